The van der Waals surface area contributed by atoms with Gasteiger partial charge in [0.25, 0.3) is 0 Å². The summed E-state index contributed by atoms with van der Waals surface area (Å²) in [6.45, 7) is 6.58. The smallest absolute Gasteiger partial charge is 0.239 e. The summed E-state index contributed by atoms with van der Waals surface area (Å²) >= 11 is 0. The molecule has 0 saturated carbocycles. The number of hydrogen-bond acceptors (Lipinski definition) is 14. The molecule has 3 aliphatic rings. The molecule has 0 aliphatic carbocycles. The minimum absolute atomic E-state index is 0.0244. The van der Waals surface area contributed by atoms with E-state index in [0.717, 1.165) is 0 Å². The van der Waals surface area contributed by atoms with E-state index in [1.54, 1.807) is 36.4 Å². The van der Waals surface area contributed by atoms with Crippen LogP contribution >= 0.6 is 0 Å². The lowest BCUT2D eigenvalue weighted by atomic mass is 9.98. The number of benzene rings is 2. The van der Waals surface area contributed by atoms with Crippen molar-refractivity contribution >= 4 is 17.0 Å². The Kier molecular flexibility index (Phi) is 8.74. The van der Waals surface area contributed by atoms with E-state index in [-0.39, 0.29) is 16.7 Å². The van der Waals surface area contributed by atoms with Crippen molar-refractivity contribution in [2.75, 3.05) is 7.11 Å². The van der Waals surface area contributed by atoms with Gasteiger partial charge >= 0.3 is 0 Å². The van der Waals surface area contributed by atoms with Crippen molar-refractivity contribution in [3.63, 3.8) is 0 Å². The molecule has 0 bridgehead atoms. The Balaban J connectivity index is 1.48. The van der Waals surface area contributed by atoms with Crippen molar-refractivity contribution in [2.45, 2.75) is 94.7 Å². The Labute approximate surface area is 268 Å². The summed E-state index contributed by atoms with van der Waals surface area (Å²) in [7, 11) is 1.50. The van der Waals surface area contributed by atoms with Crippen LogP contribution in [0.2, 0.25) is 0 Å². The van der Waals surface area contributed by atoms with Crippen LogP contribution in [0.1, 0.15) is 33.3 Å². The quantitative estimate of drug-likeness (QED) is 0.222. The number of phenols is 1. The fraction of sp³-hybridized carbons (Fsp3) is 0.485. The van der Waals surface area contributed by atoms with Crippen molar-refractivity contribution in [2.24, 2.45) is 0 Å². The largest absolute Gasteiger partial charge is 0.507 e. The van der Waals surface area contributed by atoms with Crippen molar-refractivity contribution in [1.82, 2.24) is 0 Å². The van der Waals surface area contributed by atoms with E-state index >= 15 is 0 Å². The van der Waals surface area contributed by atoms with Gasteiger partial charge < -0.3 is 63.5 Å². The summed E-state index contributed by atoms with van der Waals surface area (Å²) in [6.07, 6.45) is -11.3. The zero-order valence-electron chi connectivity index (χ0n) is 26.3. The third-order valence-corrected chi connectivity index (χ3v) is 8.60. The maximum atomic E-state index is 14.3. The summed E-state index contributed by atoms with van der Waals surface area (Å²) in [6, 6.07) is 7.83. The molecule has 2 aromatic carbocycles. The van der Waals surface area contributed by atoms with Gasteiger partial charge in [0.05, 0.1) is 24.9 Å². The summed E-state index contributed by atoms with van der Waals surface area (Å²) < 4.78 is 41.1. The number of aliphatic hydroxyl groups excluding tert-OH is 5. The highest BCUT2D eigenvalue weighted by Gasteiger charge is 2.50. The van der Waals surface area contributed by atoms with Crippen LogP contribution in [0.25, 0.3) is 28.4 Å². The predicted molar refractivity (Wildman–Crippen MR) is 164 cm³/mol. The maximum Gasteiger partial charge on any atom is 0.239 e. The first-order valence-corrected chi connectivity index (χ1v) is 15.1. The highest BCUT2D eigenvalue weighted by atomic mass is 16.8. The Hall–Kier alpha value is -3.73. The minimum Gasteiger partial charge on any atom is -0.507 e. The first-order valence-electron chi connectivity index (χ1n) is 15.1. The van der Waals surface area contributed by atoms with Gasteiger partial charge in [0.2, 0.25) is 17.5 Å². The van der Waals surface area contributed by atoms with Crippen molar-refractivity contribution < 1.29 is 63.5 Å². The zero-order valence-corrected chi connectivity index (χ0v) is 26.3. The van der Waals surface area contributed by atoms with Crippen LogP contribution in [0.3, 0.4) is 0 Å². The molecule has 2 saturated heterocycles. The molecule has 3 aliphatic heterocycles. The molecule has 6 rings (SSSR count). The highest BCUT2D eigenvalue weighted by molar-refractivity contribution is 5.95. The molecule has 0 radical (unpaired) electrons. The molecule has 10 atom stereocenters. The van der Waals surface area contributed by atoms with Crippen molar-refractivity contribution in [3.05, 3.63) is 52.2 Å². The Morgan fingerprint density at radius 1 is 0.851 bits per heavy atom. The third kappa shape index (κ3) is 5.96. The van der Waals surface area contributed by atoms with Crippen molar-refractivity contribution in [1.29, 1.82) is 0 Å². The van der Waals surface area contributed by atoms with Gasteiger partial charge in [-0.05, 0) is 64.1 Å². The van der Waals surface area contributed by atoms with E-state index in [9.17, 15) is 35.4 Å². The second kappa shape index (κ2) is 12.4. The first-order chi connectivity index (χ1) is 22.2. The number of fused-ring (bicyclic) bond motifs is 3. The fourth-order valence-corrected chi connectivity index (χ4v) is 5.85. The Bertz CT molecular complexity index is 1720. The molecule has 0 spiro atoms. The van der Waals surface area contributed by atoms with Crippen LogP contribution in [-0.2, 0) is 14.2 Å². The van der Waals surface area contributed by atoms with E-state index in [2.05, 4.69) is 0 Å². The first kappa shape index (κ1) is 33.2. The predicted octanol–water partition coefficient (Wildman–Crippen LogP) is 1.42. The normalized spacial score (nSPS) is 33.2. The molecule has 47 heavy (non-hydrogen) atoms. The lowest BCUT2D eigenvalue weighted by Crippen LogP contribution is -2.63. The summed E-state index contributed by atoms with van der Waals surface area (Å²) in [4.78, 5) is 14.3. The fourth-order valence-electron chi connectivity index (χ4n) is 5.85. The van der Waals surface area contributed by atoms with Gasteiger partial charge in [0.1, 0.15) is 58.8 Å². The molecule has 2 fully saturated rings. The highest BCUT2D eigenvalue weighted by Crippen LogP contribution is 2.43. The van der Waals surface area contributed by atoms with Crippen LogP contribution in [0, 0.1) is 0 Å². The van der Waals surface area contributed by atoms with Gasteiger partial charge in [-0.15, -0.1) is 0 Å². The Morgan fingerprint density at radius 3 is 2.15 bits per heavy atom. The summed E-state index contributed by atoms with van der Waals surface area (Å²) in [5, 5.41) is 63.6. The van der Waals surface area contributed by atoms with Crippen LogP contribution in [0.5, 0.6) is 23.0 Å². The number of methoxy groups -OCH3 is 1. The van der Waals surface area contributed by atoms with E-state index in [4.69, 9.17) is 32.8 Å². The molecule has 14 nitrogen and oxygen atoms in total. The van der Waals surface area contributed by atoms with Crippen LogP contribution in [0.4, 0.5) is 0 Å². The molecule has 1 aromatic heterocycles. The van der Waals surface area contributed by atoms with Gasteiger partial charge in [-0.25, -0.2) is 0 Å². The monoisotopic (exact) mass is 658 g/mol. The third-order valence-electron chi connectivity index (χ3n) is 8.60. The lowest BCUT2D eigenvalue weighted by Gasteiger charge is -2.45. The van der Waals surface area contributed by atoms with Crippen LogP contribution in [0.15, 0.2) is 45.6 Å². The molecule has 4 heterocycles. The van der Waals surface area contributed by atoms with Crippen LogP contribution < -0.4 is 19.6 Å². The molecule has 3 aromatic rings. The van der Waals surface area contributed by atoms with E-state index in [1.165, 1.54) is 27.0 Å². The molecular formula is C33H38O14. The summed E-state index contributed by atoms with van der Waals surface area (Å²) in [5.41, 5.74) is -0.677. The molecule has 254 valence electrons. The Morgan fingerprint density at radius 2 is 1.49 bits per heavy atom. The number of phenolic OH excluding ortho intramolecular Hbond substituents is 1. The van der Waals surface area contributed by atoms with E-state index in [0.29, 0.717) is 22.6 Å². The van der Waals surface area contributed by atoms with Gasteiger partial charge in [-0.2, -0.15) is 0 Å². The minimum atomic E-state index is -1.76. The van der Waals surface area contributed by atoms with Crippen LogP contribution in [-0.4, -0.2) is 105 Å². The maximum absolute atomic E-state index is 14.3. The van der Waals surface area contributed by atoms with E-state index in [1.807, 2.05) is 13.8 Å². The molecule has 0 amide bonds. The number of aliphatic hydroxyl groups is 5. The lowest BCUT2D eigenvalue weighted by molar-refractivity contribution is -0.352. The molecule has 0 unspecified atom stereocenters. The van der Waals surface area contributed by atoms with Gasteiger partial charge in [0.15, 0.2) is 23.7 Å². The van der Waals surface area contributed by atoms with Gasteiger partial charge in [-0.3, -0.25) is 4.79 Å². The van der Waals surface area contributed by atoms with Crippen molar-refractivity contribution in [3.8, 4) is 34.3 Å². The summed E-state index contributed by atoms with van der Waals surface area (Å²) in [5.74, 6) is -0.125. The number of hydrogen-bond donors (Lipinski definition) is 6. The number of rotatable bonds is 6. The van der Waals surface area contributed by atoms with E-state index < -0.39 is 83.9 Å². The average Bonchev–Trinajstić information content (AvgIpc) is 3.03. The SMILES string of the molecule is COc1ccc(-c2oc3c4c(cc(O)c3c(=O)c2O[C@H]2O[C@H](C)[C@@H](O)[C@H](O)[C@@H]2O[C@@H]2O[C@H](C)[C@@H](O)[C@H](O)[C@@H]2O)OC(C)(C)C=C4)cc1. The standard InChI is InChI=1S/C33H38O14/c1-13-21(35)24(38)26(40)31(42-13)46-30-25(39)22(36)14(2)43-32(30)45-29-23(37)20-18(34)12-19-17(10-11-33(3,4)47-19)28(20)44-27(29)15-6-8-16(41-5)9-7-15/h6-14,21-22,24-26,30-32,34-36,38-40H,1-5H3/t13-,14-,21-,22-,24+,25+,26+,30+,31+,32-/m1/s1. The second-order valence-corrected chi connectivity index (χ2v) is 12.5. The zero-order chi connectivity index (χ0) is 33.9. The van der Waals surface area contributed by atoms with Gasteiger partial charge in [-0.1, -0.05) is 0 Å². The molecular weight excluding hydrogens is 620 g/mol. The van der Waals surface area contributed by atoms with Gasteiger partial charge in [0, 0.05) is 11.6 Å². The average molecular weight is 659 g/mol. The topological polar surface area (TPSA) is 207 Å². The number of ether oxygens (including phenoxy) is 6. The molecule has 14 heteroatoms. The molecule has 6 N–H and O–H groups in total. The second-order valence-electron chi connectivity index (χ2n) is 12.5. The number of aromatic hydroxyl groups is 1.